The number of carboxylic acid groups (broad SMARTS) is 1. The molecule has 0 bridgehead atoms. The summed E-state index contributed by atoms with van der Waals surface area (Å²) in [6.45, 7) is 0. The average Bonchev–Trinajstić information content (AvgIpc) is 2.89. The molecule has 4 aromatic rings. The quantitative estimate of drug-likeness (QED) is 0.523. The number of hydrogen-bond acceptors (Lipinski definition) is 2. The summed E-state index contributed by atoms with van der Waals surface area (Å²) in [6, 6.07) is 23.6. The minimum atomic E-state index is -1.12. The second-order valence-corrected chi connectivity index (χ2v) is 7.01. The van der Waals surface area contributed by atoms with Crippen LogP contribution in [-0.4, -0.2) is 5.97 Å². The Labute approximate surface area is 130 Å². The first-order chi connectivity index (χ1) is 10.8. The van der Waals surface area contributed by atoms with Gasteiger partial charge in [0.25, 0.3) is 0 Å². The third-order valence-electron chi connectivity index (χ3n) is 3.83. The Morgan fingerprint density at radius 1 is 0.727 bits per heavy atom. The molecule has 0 unspecified atom stereocenters. The number of carbonyl (C=O) groups is 1. The molecule has 0 radical (unpaired) electrons. The molecule has 4 rings (SSSR count). The van der Waals surface area contributed by atoms with Crippen LogP contribution in [0, 0.1) is 0 Å². The van der Waals surface area contributed by atoms with Crippen LogP contribution in [0.5, 0.6) is 0 Å². The fourth-order valence-electron chi connectivity index (χ4n) is 2.90. The lowest BCUT2D eigenvalue weighted by Gasteiger charge is -2.04. The summed E-state index contributed by atoms with van der Waals surface area (Å²) in [6.07, 6.45) is 0. The highest BCUT2D eigenvalue weighted by molar-refractivity contribution is 7.50. The number of benzene rings is 3. The predicted molar refractivity (Wildman–Crippen MR) is 89.6 cm³/mol. The molecule has 106 valence electrons. The molecule has 0 fully saturated rings. The van der Waals surface area contributed by atoms with Crippen LogP contribution in [0.4, 0.5) is 0 Å². The van der Waals surface area contributed by atoms with E-state index in [-0.39, 0.29) is 5.56 Å². The molecule has 0 aliphatic carbocycles. The second kappa shape index (κ2) is 4.97. The number of thiophene rings is 1. The van der Waals surface area contributed by atoms with Crippen LogP contribution < -0.4 is 5.11 Å². The molecule has 1 heterocycles. The van der Waals surface area contributed by atoms with E-state index in [4.69, 9.17) is 0 Å². The van der Waals surface area contributed by atoms with Crippen molar-refractivity contribution < 1.29 is 9.90 Å². The predicted octanol–water partition coefficient (Wildman–Crippen LogP) is 4.09. The molecule has 0 atom stereocenters. The Balaban J connectivity index is 2.21. The van der Waals surface area contributed by atoms with Crippen molar-refractivity contribution in [1.29, 1.82) is 0 Å². The third-order valence-corrected chi connectivity index (χ3v) is 6.22. The maximum Gasteiger partial charge on any atom is 0.188 e. The van der Waals surface area contributed by atoms with Gasteiger partial charge in [0.15, 0.2) is 14.3 Å². The second-order valence-electron chi connectivity index (χ2n) is 5.08. The molecule has 0 saturated carbocycles. The van der Waals surface area contributed by atoms with Crippen LogP contribution in [0.2, 0.25) is 0 Å². The molecule has 3 heteroatoms. The maximum atomic E-state index is 11.5. The van der Waals surface area contributed by atoms with Gasteiger partial charge in [-0.15, -0.1) is 0 Å². The number of rotatable bonds is 2. The minimum Gasteiger partial charge on any atom is -0.545 e. The molecule has 2 nitrogen and oxygen atoms in total. The summed E-state index contributed by atoms with van der Waals surface area (Å²) < 4.78 is 2.36. The van der Waals surface area contributed by atoms with Gasteiger partial charge in [0.2, 0.25) is 0 Å². The summed E-state index contributed by atoms with van der Waals surface area (Å²) in [5.74, 6) is -1.12. The van der Waals surface area contributed by atoms with E-state index >= 15 is 0 Å². The van der Waals surface area contributed by atoms with Crippen LogP contribution in [-0.2, 0) is 0 Å². The number of fused-ring (bicyclic) bond motifs is 3. The van der Waals surface area contributed by atoms with Gasteiger partial charge >= 0.3 is 0 Å². The molecule has 3 aromatic carbocycles. The molecule has 0 aliphatic rings. The highest BCUT2D eigenvalue weighted by Crippen LogP contribution is 2.49. The lowest BCUT2D eigenvalue weighted by Crippen LogP contribution is -2.22. The maximum absolute atomic E-state index is 11.5. The van der Waals surface area contributed by atoms with Crippen molar-refractivity contribution in [2.24, 2.45) is 0 Å². The summed E-state index contributed by atoms with van der Waals surface area (Å²) in [5.41, 5.74) is 0.275. The van der Waals surface area contributed by atoms with Gasteiger partial charge in [0, 0.05) is 21.2 Å². The smallest absolute Gasteiger partial charge is 0.188 e. The van der Waals surface area contributed by atoms with E-state index in [1.54, 1.807) is 12.1 Å². The molecule has 22 heavy (non-hydrogen) atoms. The van der Waals surface area contributed by atoms with Gasteiger partial charge in [-0.05, 0) is 36.4 Å². The SMILES string of the molecule is O=C([O-])c1ccccc1-[s+]1c2ccccc2c2ccccc21. The van der Waals surface area contributed by atoms with Crippen LogP contribution in [0.1, 0.15) is 10.4 Å². The van der Waals surface area contributed by atoms with Crippen molar-refractivity contribution in [3.63, 3.8) is 0 Å². The number of aromatic carboxylic acids is 1. The lowest BCUT2D eigenvalue weighted by molar-refractivity contribution is -0.254. The standard InChI is InChI=1S/C19H12O2S/c20-19(21)15-9-3-6-12-18(15)22-16-10-4-1-7-13(16)14-8-2-5-11-17(14)22/h1-12H. The number of hydrogen-bond donors (Lipinski definition) is 0. The van der Waals surface area contributed by atoms with Crippen LogP contribution >= 0.6 is 10.5 Å². The largest absolute Gasteiger partial charge is 0.545 e. The van der Waals surface area contributed by atoms with Gasteiger partial charge < -0.3 is 9.90 Å². The van der Waals surface area contributed by atoms with E-state index in [0.29, 0.717) is 0 Å². The third kappa shape index (κ3) is 1.83. The Morgan fingerprint density at radius 3 is 1.82 bits per heavy atom. The summed E-state index contributed by atoms with van der Waals surface area (Å²) in [5, 5.41) is 13.9. The van der Waals surface area contributed by atoms with E-state index < -0.39 is 16.4 Å². The Morgan fingerprint density at radius 2 is 1.23 bits per heavy atom. The van der Waals surface area contributed by atoms with E-state index in [1.165, 1.54) is 20.2 Å². The molecule has 0 amide bonds. The van der Waals surface area contributed by atoms with Crippen molar-refractivity contribution in [1.82, 2.24) is 0 Å². The van der Waals surface area contributed by atoms with Gasteiger partial charge in [-0.1, -0.05) is 36.4 Å². The highest BCUT2D eigenvalue weighted by atomic mass is 32.2. The number of carboxylic acids is 1. The van der Waals surface area contributed by atoms with Crippen molar-refractivity contribution >= 4 is 36.6 Å². The van der Waals surface area contributed by atoms with E-state index in [1.807, 2.05) is 36.4 Å². The van der Waals surface area contributed by atoms with Gasteiger partial charge in [-0.25, -0.2) is 0 Å². The zero-order valence-electron chi connectivity index (χ0n) is 11.7. The summed E-state index contributed by atoms with van der Waals surface area (Å²) in [4.78, 5) is 12.3. The first-order valence-corrected chi connectivity index (χ1v) is 8.23. The van der Waals surface area contributed by atoms with E-state index in [2.05, 4.69) is 24.3 Å². The summed E-state index contributed by atoms with van der Waals surface area (Å²) >= 11 is 0. The van der Waals surface area contributed by atoms with Gasteiger partial charge in [0.1, 0.15) is 0 Å². The topological polar surface area (TPSA) is 40.1 Å². The molecule has 0 N–H and O–H groups in total. The van der Waals surface area contributed by atoms with Crippen molar-refractivity contribution in [2.75, 3.05) is 0 Å². The molecule has 0 saturated heterocycles. The molecule has 0 aliphatic heterocycles. The Bertz CT molecular complexity index is 961. The zero-order chi connectivity index (χ0) is 15.1. The van der Waals surface area contributed by atoms with Gasteiger partial charge in [0.05, 0.1) is 11.5 Å². The first kappa shape index (κ1) is 13.0. The monoisotopic (exact) mass is 304 g/mol. The molecular formula is C19H12O2S. The average molecular weight is 304 g/mol. The van der Waals surface area contributed by atoms with Crippen LogP contribution in [0.3, 0.4) is 0 Å². The van der Waals surface area contributed by atoms with Gasteiger partial charge in [-0.2, -0.15) is 0 Å². The molecular weight excluding hydrogens is 292 g/mol. The highest BCUT2D eigenvalue weighted by Gasteiger charge is 2.25. The molecule has 0 spiro atoms. The fraction of sp³-hybridized carbons (Fsp3) is 0. The molecule has 1 aromatic heterocycles. The van der Waals surface area contributed by atoms with E-state index in [9.17, 15) is 9.90 Å². The van der Waals surface area contributed by atoms with Crippen molar-refractivity contribution in [3.8, 4) is 4.90 Å². The van der Waals surface area contributed by atoms with Crippen LogP contribution in [0.25, 0.3) is 25.1 Å². The fourth-order valence-corrected chi connectivity index (χ4v) is 5.42. The van der Waals surface area contributed by atoms with Crippen LogP contribution in [0.15, 0.2) is 72.8 Å². The zero-order valence-corrected chi connectivity index (χ0v) is 12.5. The lowest BCUT2D eigenvalue weighted by atomic mass is 10.2. The van der Waals surface area contributed by atoms with Crippen molar-refractivity contribution in [3.05, 3.63) is 78.4 Å². The summed E-state index contributed by atoms with van der Waals surface area (Å²) in [7, 11) is -0.394. The van der Waals surface area contributed by atoms with Gasteiger partial charge in [-0.3, -0.25) is 0 Å². The normalized spacial score (nSPS) is 11.1. The Hall–Kier alpha value is -2.65. The van der Waals surface area contributed by atoms with E-state index in [0.717, 1.165) is 4.90 Å². The minimum absolute atomic E-state index is 0.275. The Kier molecular flexibility index (Phi) is 2.94. The number of carbonyl (C=O) groups excluding carboxylic acids is 1. The first-order valence-electron chi connectivity index (χ1n) is 7.00. The van der Waals surface area contributed by atoms with Crippen molar-refractivity contribution in [2.45, 2.75) is 0 Å².